The van der Waals surface area contributed by atoms with Gasteiger partial charge in [0.1, 0.15) is 11.5 Å². The molecule has 0 spiro atoms. The fraction of sp³-hybridized carbons (Fsp3) is 0.286. The van der Waals surface area contributed by atoms with Gasteiger partial charge in [0.2, 0.25) is 0 Å². The number of carbonyl (C=O) groups is 1. The highest BCUT2D eigenvalue weighted by atomic mass is 79.9. The Kier molecular flexibility index (Phi) is 10.6. The molecule has 0 saturated carbocycles. The maximum Gasteiger partial charge on any atom is 0.257 e. The summed E-state index contributed by atoms with van der Waals surface area (Å²) in [4.78, 5) is 12.6. The highest BCUT2D eigenvalue weighted by Crippen LogP contribution is 2.26. The highest BCUT2D eigenvalue weighted by molar-refractivity contribution is 9.10. The Morgan fingerprint density at radius 2 is 1.71 bits per heavy atom. The van der Waals surface area contributed by atoms with Crippen LogP contribution in [0.1, 0.15) is 42.6 Å². The Labute approximate surface area is 221 Å². The summed E-state index contributed by atoms with van der Waals surface area (Å²) in [6, 6.07) is 23.1. The smallest absolute Gasteiger partial charge is 0.257 e. The molecule has 2 N–H and O–H groups in total. The molecule has 0 unspecified atom stereocenters. The lowest BCUT2D eigenvalue weighted by atomic mass is 10.1. The number of nitrogens with one attached hydrogen (secondary N) is 2. The second kappa shape index (κ2) is 13.9. The number of hydrogen-bond donors (Lipinski definition) is 2. The molecule has 5 nitrogen and oxygen atoms in total. The van der Waals surface area contributed by atoms with Gasteiger partial charge in [0.25, 0.3) is 5.91 Å². The fourth-order valence-electron chi connectivity index (χ4n) is 3.25. The van der Waals surface area contributed by atoms with Crippen molar-refractivity contribution in [3.63, 3.8) is 0 Å². The summed E-state index contributed by atoms with van der Waals surface area (Å²) in [6.07, 6.45) is 2.90. The van der Waals surface area contributed by atoms with Crippen molar-refractivity contribution in [2.45, 2.75) is 33.1 Å². The van der Waals surface area contributed by atoms with Crippen LogP contribution in [0.2, 0.25) is 0 Å². The third-order valence-electron chi connectivity index (χ3n) is 5.21. The third-order valence-corrected chi connectivity index (χ3v) is 6.03. The summed E-state index contributed by atoms with van der Waals surface area (Å²) < 4.78 is 12.3. The van der Waals surface area contributed by atoms with Gasteiger partial charge in [-0.05, 0) is 101 Å². The van der Waals surface area contributed by atoms with E-state index in [4.69, 9.17) is 21.7 Å². The van der Waals surface area contributed by atoms with Crippen molar-refractivity contribution in [3.8, 4) is 11.5 Å². The predicted octanol–water partition coefficient (Wildman–Crippen LogP) is 7.01. The van der Waals surface area contributed by atoms with Crippen molar-refractivity contribution in [2.24, 2.45) is 5.92 Å². The topological polar surface area (TPSA) is 59.6 Å². The zero-order valence-corrected chi connectivity index (χ0v) is 22.5. The summed E-state index contributed by atoms with van der Waals surface area (Å²) in [7, 11) is 0. The lowest BCUT2D eigenvalue weighted by molar-refractivity contribution is 0.0977. The van der Waals surface area contributed by atoms with Crippen LogP contribution >= 0.6 is 28.1 Å². The van der Waals surface area contributed by atoms with E-state index in [9.17, 15) is 4.79 Å². The Balaban J connectivity index is 1.42. The fourth-order valence-corrected chi connectivity index (χ4v) is 3.95. The van der Waals surface area contributed by atoms with Crippen molar-refractivity contribution in [3.05, 3.63) is 88.4 Å². The first-order valence-corrected chi connectivity index (χ1v) is 12.9. The molecule has 3 aromatic rings. The molecule has 0 saturated heterocycles. The molecule has 0 radical (unpaired) electrons. The molecule has 35 heavy (non-hydrogen) atoms. The van der Waals surface area contributed by atoms with Crippen LogP contribution in [0.5, 0.6) is 11.5 Å². The standard InChI is InChI=1S/C28H31BrN2O3S/c1-20(2)16-18-34-26-15-10-22(19-25(26)29)27(32)31-28(35)30-23-11-13-24(14-12-23)33-17-6-9-21-7-4-3-5-8-21/h3-5,7-8,10-15,19-20H,6,9,16-18H2,1-2H3,(H2,30,31,32,35). The average molecular weight is 556 g/mol. The largest absolute Gasteiger partial charge is 0.494 e. The van der Waals surface area contributed by atoms with E-state index in [2.05, 4.69) is 52.5 Å². The Hall–Kier alpha value is -2.90. The second-order valence-corrected chi connectivity index (χ2v) is 9.81. The van der Waals surface area contributed by atoms with Crippen molar-refractivity contribution < 1.29 is 14.3 Å². The Bertz CT molecular complexity index is 1100. The zero-order chi connectivity index (χ0) is 25.0. The minimum absolute atomic E-state index is 0.222. The lowest BCUT2D eigenvalue weighted by Gasteiger charge is -2.12. The molecule has 3 aromatic carbocycles. The number of ether oxygens (including phenoxy) is 2. The van der Waals surface area contributed by atoms with Gasteiger partial charge in [-0.3, -0.25) is 10.1 Å². The molecule has 184 valence electrons. The van der Waals surface area contributed by atoms with E-state index in [1.54, 1.807) is 18.2 Å². The Morgan fingerprint density at radius 1 is 0.971 bits per heavy atom. The molecular weight excluding hydrogens is 524 g/mol. The van der Waals surface area contributed by atoms with Gasteiger partial charge in [0, 0.05) is 11.3 Å². The van der Waals surface area contributed by atoms with E-state index in [0.717, 1.165) is 35.2 Å². The van der Waals surface area contributed by atoms with E-state index in [-0.39, 0.29) is 11.0 Å². The number of amides is 1. The van der Waals surface area contributed by atoms with E-state index in [1.165, 1.54) is 5.56 Å². The summed E-state index contributed by atoms with van der Waals surface area (Å²) in [5.74, 6) is 1.78. The molecule has 0 aromatic heterocycles. The van der Waals surface area contributed by atoms with E-state index < -0.39 is 0 Å². The number of thiocarbonyl (C=S) groups is 1. The molecule has 0 aliphatic rings. The van der Waals surface area contributed by atoms with Crippen LogP contribution in [-0.2, 0) is 6.42 Å². The average Bonchev–Trinajstić information content (AvgIpc) is 2.84. The molecule has 0 atom stereocenters. The number of aryl methyl sites for hydroxylation is 1. The van der Waals surface area contributed by atoms with Crippen molar-refractivity contribution in [1.29, 1.82) is 0 Å². The molecule has 0 fully saturated rings. The van der Waals surface area contributed by atoms with E-state index in [1.807, 2.05) is 42.5 Å². The van der Waals surface area contributed by atoms with Gasteiger partial charge in [-0.25, -0.2) is 0 Å². The minimum atomic E-state index is -0.296. The first-order chi connectivity index (χ1) is 16.9. The first kappa shape index (κ1) is 26.7. The van der Waals surface area contributed by atoms with Crippen LogP contribution in [0.15, 0.2) is 77.3 Å². The van der Waals surface area contributed by atoms with Crippen LogP contribution in [0.4, 0.5) is 5.69 Å². The van der Waals surface area contributed by atoms with Crippen LogP contribution in [0.3, 0.4) is 0 Å². The number of hydrogen-bond acceptors (Lipinski definition) is 4. The number of rotatable bonds is 11. The normalized spacial score (nSPS) is 10.6. The van der Waals surface area contributed by atoms with Gasteiger partial charge in [0.15, 0.2) is 5.11 Å². The molecule has 0 aliphatic heterocycles. The monoisotopic (exact) mass is 554 g/mol. The van der Waals surface area contributed by atoms with Crippen molar-refractivity contribution in [2.75, 3.05) is 18.5 Å². The van der Waals surface area contributed by atoms with Gasteiger partial charge < -0.3 is 14.8 Å². The molecule has 7 heteroatoms. The second-order valence-electron chi connectivity index (χ2n) is 8.55. The highest BCUT2D eigenvalue weighted by Gasteiger charge is 2.11. The maximum absolute atomic E-state index is 12.6. The van der Waals surface area contributed by atoms with Crippen LogP contribution in [-0.4, -0.2) is 24.2 Å². The number of carbonyl (C=O) groups excluding carboxylic acids is 1. The summed E-state index contributed by atoms with van der Waals surface area (Å²) in [5.41, 5.74) is 2.56. The van der Waals surface area contributed by atoms with Gasteiger partial charge >= 0.3 is 0 Å². The van der Waals surface area contributed by atoms with Crippen molar-refractivity contribution >= 4 is 44.9 Å². The van der Waals surface area contributed by atoms with Gasteiger partial charge in [0.05, 0.1) is 17.7 Å². The molecule has 0 heterocycles. The van der Waals surface area contributed by atoms with Crippen LogP contribution in [0, 0.1) is 5.92 Å². The van der Waals surface area contributed by atoms with Crippen LogP contribution in [0.25, 0.3) is 0 Å². The molecular formula is C28H31BrN2O3S. The number of anilines is 1. The molecule has 3 rings (SSSR count). The van der Waals surface area contributed by atoms with Crippen LogP contribution < -0.4 is 20.1 Å². The number of benzene rings is 3. The SMILES string of the molecule is CC(C)CCOc1ccc(C(=O)NC(=S)Nc2ccc(OCCCc3ccccc3)cc2)cc1Br. The molecule has 0 bridgehead atoms. The van der Waals surface area contributed by atoms with Gasteiger partial charge in [-0.2, -0.15) is 0 Å². The summed E-state index contributed by atoms with van der Waals surface area (Å²) in [5, 5.41) is 5.96. The maximum atomic E-state index is 12.6. The first-order valence-electron chi connectivity index (χ1n) is 11.7. The third kappa shape index (κ3) is 9.34. The molecule has 0 aliphatic carbocycles. The minimum Gasteiger partial charge on any atom is -0.494 e. The quantitative estimate of drug-likeness (QED) is 0.197. The zero-order valence-electron chi connectivity index (χ0n) is 20.1. The Morgan fingerprint density at radius 3 is 2.40 bits per heavy atom. The summed E-state index contributed by atoms with van der Waals surface area (Å²) >= 11 is 8.79. The van der Waals surface area contributed by atoms with Crippen molar-refractivity contribution in [1.82, 2.24) is 5.32 Å². The molecule has 1 amide bonds. The lowest BCUT2D eigenvalue weighted by Crippen LogP contribution is -2.34. The van der Waals surface area contributed by atoms with E-state index in [0.29, 0.717) is 30.4 Å². The van der Waals surface area contributed by atoms with Gasteiger partial charge in [-0.15, -0.1) is 0 Å². The summed E-state index contributed by atoms with van der Waals surface area (Å²) in [6.45, 7) is 5.58. The number of halogens is 1. The van der Waals surface area contributed by atoms with Gasteiger partial charge in [-0.1, -0.05) is 44.2 Å². The predicted molar refractivity (Wildman–Crippen MR) is 149 cm³/mol. The van der Waals surface area contributed by atoms with E-state index >= 15 is 0 Å².